The summed E-state index contributed by atoms with van der Waals surface area (Å²) in [4.78, 5) is 18.9. The van der Waals surface area contributed by atoms with Gasteiger partial charge in [0.1, 0.15) is 0 Å². The van der Waals surface area contributed by atoms with E-state index in [-0.39, 0.29) is 29.9 Å². The van der Waals surface area contributed by atoms with Crippen molar-refractivity contribution in [3.8, 4) is 0 Å². The van der Waals surface area contributed by atoms with Gasteiger partial charge in [-0.3, -0.25) is 14.7 Å². The smallest absolute Gasteiger partial charge is 0.227 e. The van der Waals surface area contributed by atoms with Crippen LogP contribution in [0.5, 0.6) is 0 Å². The van der Waals surface area contributed by atoms with Crippen molar-refractivity contribution in [3.63, 3.8) is 0 Å². The van der Waals surface area contributed by atoms with Crippen molar-refractivity contribution >= 4 is 35.8 Å². The van der Waals surface area contributed by atoms with Crippen LogP contribution in [0.3, 0.4) is 0 Å². The lowest BCUT2D eigenvalue weighted by Gasteiger charge is -2.26. The van der Waals surface area contributed by atoms with E-state index in [1.807, 2.05) is 20.8 Å². The molecule has 6 nitrogen and oxygen atoms in total. The monoisotopic (exact) mass is 453 g/mol. The second-order valence-corrected chi connectivity index (χ2v) is 7.44. The Morgan fingerprint density at radius 1 is 1.29 bits per heavy atom. The van der Waals surface area contributed by atoms with Crippen LogP contribution < -0.4 is 16.0 Å². The summed E-state index contributed by atoms with van der Waals surface area (Å²) in [6.07, 6.45) is 0. The van der Waals surface area contributed by atoms with Crippen molar-refractivity contribution in [1.29, 1.82) is 0 Å². The van der Waals surface area contributed by atoms with Crippen molar-refractivity contribution in [2.75, 3.05) is 33.2 Å². The van der Waals surface area contributed by atoms with E-state index in [0.717, 1.165) is 19.0 Å². The zero-order valence-electron chi connectivity index (χ0n) is 16.3. The maximum absolute atomic E-state index is 12.1. The maximum Gasteiger partial charge on any atom is 0.227 e. The van der Waals surface area contributed by atoms with Crippen molar-refractivity contribution < 1.29 is 4.79 Å². The van der Waals surface area contributed by atoms with Crippen molar-refractivity contribution in [1.82, 2.24) is 20.9 Å². The van der Waals surface area contributed by atoms with Gasteiger partial charge in [-0.25, -0.2) is 0 Å². The van der Waals surface area contributed by atoms with Crippen LogP contribution in [0.25, 0.3) is 0 Å². The molecule has 0 aromatic heterocycles. The molecule has 1 aliphatic heterocycles. The average molecular weight is 453 g/mol. The Balaban J connectivity index is 0.00000529. The first-order chi connectivity index (χ1) is 10.7. The van der Waals surface area contributed by atoms with E-state index < -0.39 is 5.41 Å². The molecule has 0 aromatic rings. The topological polar surface area (TPSA) is 68.8 Å². The molecule has 0 bridgehead atoms. The number of nitrogens with one attached hydrogen (secondary N) is 3. The minimum Gasteiger partial charge on any atom is -0.356 e. The highest BCUT2D eigenvalue weighted by Gasteiger charge is 2.32. The lowest BCUT2D eigenvalue weighted by molar-refractivity contribution is -0.128. The fraction of sp³-hybridized carbons (Fsp3) is 0.882. The SMILES string of the molecule is CCNC(=O)C(C)(C)CNC(=NC)NC1CN(C(C)C)CC1C.I. The molecule has 2 unspecified atom stereocenters. The Kier molecular flexibility index (Phi) is 10.2. The second-order valence-electron chi connectivity index (χ2n) is 7.44. The minimum atomic E-state index is -0.473. The summed E-state index contributed by atoms with van der Waals surface area (Å²) >= 11 is 0. The minimum absolute atomic E-state index is 0. The van der Waals surface area contributed by atoms with Crippen LogP contribution >= 0.6 is 24.0 Å². The quantitative estimate of drug-likeness (QED) is 0.325. The molecule has 7 heteroatoms. The van der Waals surface area contributed by atoms with Crippen LogP contribution in [-0.4, -0.2) is 62.1 Å². The molecule has 0 radical (unpaired) electrons. The van der Waals surface area contributed by atoms with Gasteiger partial charge >= 0.3 is 0 Å². The second kappa shape index (κ2) is 10.4. The van der Waals surface area contributed by atoms with Gasteiger partial charge in [0.15, 0.2) is 5.96 Å². The van der Waals surface area contributed by atoms with E-state index in [1.165, 1.54) is 0 Å². The van der Waals surface area contributed by atoms with E-state index in [2.05, 4.69) is 46.6 Å². The number of nitrogens with zero attached hydrogens (tertiary/aromatic N) is 2. The number of aliphatic imine (C=N–C) groups is 1. The number of hydrogen-bond donors (Lipinski definition) is 3. The highest BCUT2D eigenvalue weighted by molar-refractivity contribution is 14.0. The lowest BCUT2D eigenvalue weighted by Crippen LogP contribution is -2.51. The van der Waals surface area contributed by atoms with Crippen LogP contribution in [0.1, 0.15) is 41.5 Å². The number of hydrogen-bond acceptors (Lipinski definition) is 3. The molecule has 1 amide bonds. The maximum atomic E-state index is 12.1. The normalized spacial score (nSPS) is 22.2. The van der Waals surface area contributed by atoms with Crippen LogP contribution in [0.2, 0.25) is 0 Å². The molecule has 0 aliphatic carbocycles. The van der Waals surface area contributed by atoms with Gasteiger partial charge in [-0.05, 0) is 40.5 Å². The van der Waals surface area contributed by atoms with Gasteiger partial charge in [0, 0.05) is 45.3 Å². The number of amides is 1. The number of halogens is 1. The molecular formula is C17H36IN5O. The van der Waals surface area contributed by atoms with Crippen LogP contribution in [0.4, 0.5) is 0 Å². The third-order valence-corrected chi connectivity index (χ3v) is 4.57. The molecule has 142 valence electrons. The predicted octanol–water partition coefficient (Wildman–Crippen LogP) is 1.66. The summed E-state index contributed by atoms with van der Waals surface area (Å²) in [5.74, 6) is 1.40. The van der Waals surface area contributed by atoms with Gasteiger partial charge in [-0.2, -0.15) is 0 Å². The molecule has 1 heterocycles. The zero-order valence-corrected chi connectivity index (χ0v) is 18.6. The molecule has 24 heavy (non-hydrogen) atoms. The van der Waals surface area contributed by atoms with Gasteiger partial charge in [-0.1, -0.05) is 6.92 Å². The van der Waals surface area contributed by atoms with Crippen LogP contribution in [0, 0.1) is 11.3 Å². The summed E-state index contributed by atoms with van der Waals surface area (Å²) in [6.45, 7) is 15.9. The number of carbonyl (C=O) groups excluding carboxylic acids is 1. The number of rotatable bonds is 6. The third kappa shape index (κ3) is 6.74. The Bertz CT molecular complexity index is 425. The highest BCUT2D eigenvalue weighted by atomic mass is 127. The van der Waals surface area contributed by atoms with Gasteiger partial charge in [-0.15, -0.1) is 24.0 Å². The molecule has 1 saturated heterocycles. The van der Waals surface area contributed by atoms with Gasteiger partial charge in [0.05, 0.1) is 5.41 Å². The lowest BCUT2D eigenvalue weighted by atomic mass is 9.92. The van der Waals surface area contributed by atoms with E-state index in [0.29, 0.717) is 31.1 Å². The van der Waals surface area contributed by atoms with Crippen molar-refractivity contribution in [2.24, 2.45) is 16.3 Å². The van der Waals surface area contributed by atoms with E-state index in [9.17, 15) is 4.79 Å². The molecule has 3 N–H and O–H groups in total. The first-order valence-electron chi connectivity index (χ1n) is 8.70. The highest BCUT2D eigenvalue weighted by Crippen LogP contribution is 2.18. The Morgan fingerprint density at radius 3 is 2.38 bits per heavy atom. The molecule has 0 spiro atoms. The summed E-state index contributed by atoms with van der Waals surface area (Å²) in [5, 5.41) is 9.69. The van der Waals surface area contributed by atoms with Gasteiger partial charge in [0.2, 0.25) is 5.91 Å². The third-order valence-electron chi connectivity index (χ3n) is 4.57. The summed E-state index contributed by atoms with van der Waals surface area (Å²) in [7, 11) is 1.77. The summed E-state index contributed by atoms with van der Waals surface area (Å²) in [6, 6.07) is 0.951. The van der Waals surface area contributed by atoms with Crippen molar-refractivity contribution in [3.05, 3.63) is 0 Å². The molecule has 1 rings (SSSR count). The number of likely N-dealkylation sites (tertiary alicyclic amines) is 1. The molecule has 2 atom stereocenters. The Hall–Kier alpha value is -0.570. The van der Waals surface area contributed by atoms with E-state index in [1.54, 1.807) is 7.05 Å². The number of carbonyl (C=O) groups is 1. The van der Waals surface area contributed by atoms with E-state index in [4.69, 9.17) is 0 Å². The van der Waals surface area contributed by atoms with Crippen LogP contribution in [-0.2, 0) is 4.79 Å². The predicted molar refractivity (Wildman–Crippen MR) is 112 cm³/mol. The molecule has 0 saturated carbocycles. The largest absolute Gasteiger partial charge is 0.356 e. The van der Waals surface area contributed by atoms with E-state index >= 15 is 0 Å². The van der Waals surface area contributed by atoms with Crippen molar-refractivity contribution in [2.45, 2.75) is 53.6 Å². The Morgan fingerprint density at radius 2 is 1.92 bits per heavy atom. The first-order valence-corrected chi connectivity index (χ1v) is 8.70. The zero-order chi connectivity index (χ0) is 17.6. The fourth-order valence-corrected chi connectivity index (χ4v) is 2.77. The fourth-order valence-electron chi connectivity index (χ4n) is 2.77. The molecule has 1 fully saturated rings. The van der Waals surface area contributed by atoms with Gasteiger partial charge < -0.3 is 16.0 Å². The Labute approximate surface area is 164 Å². The molecular weight excluding hydrogens is 417 g/mol. The first kappa shape index (κ1) is 23.4. The summed E-state index contributed by atoms with van der Waals surface area (Å²) in [5.41, 5.74) is -0.473. The summed E-state index contributed by atoms with van der Waals surface area (Å²) < 4.78 is 0. The standard InChI is InChI=1S/C17H35N5O.HI/c1-8-19-15(23)17(5,6)11-20-16(18-7)21-14-10-22(12(2)3)9-13(14)4;/h12-14H,8-11H2,1-7H3,(H,19,23)(H2,18,20,21);1H. The average Bonchev–Trinajstić information content (AvgIpc) is 2.85. The van der Waals surface area contributed by atoms with Gasteiger partial charge in [0.25, 0.3) is 0 Å². The molecule has 1 aliphatic rings. The number of guanidine groups is 1. The molecule has 0 aromatic carbocycles. The van der Waals surface area contributed by atoms with Crippen LogP contribution in [0.15, 0.2) is 4.99 Å².